The number of hydrogen-bond acceptors (Lipinski definition) is 11. The van der Waals surface area contributed by atoms with Gasteiger partial charge in [-0.25, -0.2) is 18.4 Å². The van der Waals surface area contributed by atoms with Crippen LogP contribution in [0.2, 0.25) is 10.0 Å². The smallest absolute Gasteiger partial charge is 0.259 e. The minimum atomic E-state index is -3.55. The van der Waals surface area contributed by atoms with Gasteiger partial charge >= 0.3 is 0 Å². The normalized spacial score (nSPS) is 11.8. The topological polar surface area (TPSA) is 182 Å². The van der Waals surface area contributed by atoms with Gasteiger partial charge in [-0.2, -0.15) is 9.97 Å². The van der Waals surface area contributed by atoms with E-state index in [9.17, 15) is 28.2 Å². The van der Waals surface area contributed by atoms with Gasteiger partial charge in [-0.1, -0.05) is 59.6 Å². The van der Waals surface area contributed by atoms with Crippen LogP contribution < -0.4 is 16.4 Å². The molecule has 0 aliphatic heterocycles. The van der Waals surface area contributed by atoms with Gasteiger partial charge in [-0.15, -0.1) is 0 Å². The summed E-state index contributed by atoms with van der Waals surface area (Å²) in [7, 11) is -0.396. The fraction of sp³-hybridized carbons (Fsp3) is 0.212. The third-order valence-electron chi connectivity index (χ3n) is 7.65. The van der Waals surface area contributed by atoms with E-state index in [1.165, 1.54) is 22.4 Å². The van der Waals surface area contributed by atoms with Crippen molar-refractivity contribution >= 4 is 61.1 Å². The number of nitrogens with zero attached hydrogens (tertiary/aromatic N) is 6. The highest BCUT2D eigenvalue weighted by Gasteiger charge is 2.24. The van der Waals surface area contributed by atoms with Crippen molar-refractivity contribution in [2.75, 3.05) is 24.8 Å². The lowest BCUT2D eigenvalue weighted by molar-refractivity contribution is 0.147. The molecule has 0 aliphatic rings. The Morgan fingerprint density at radius 3 is 1.65 bits per heavy atom. The van der Waals surface area contributed by atoms with Crippen molar-refractivity contribution < 1.29 is 18.6 Å². The number of anilines is 1. The molecule has 0 aliphatic carbocycles. The van der Waals surface area contributed by atoms with E-state index in [1.807, 2.05) is 6.07 Å². The summed E-state index contributed by atoms with van der Waals surface area (Å²) < 4.78 is 25.9. The number of sulfone groups is 1. The summed E-state index contributed by atoms with van der Waals surface area (Å²) in [4.78, 5) is 41.8. The van der Waals surface area contributed by atoms with Crippen LogP contribution in [0.5, 0.6) is 0 Å². The Balaban J connectivity index is 0.000000192. The Hall–Kier alpha value is -4.73. The lowest BCUT2D eigenvalue weighted by Crippen LogP contribution is -2.43. The maximum absolute atomic E-state index is 12.8. The number of halogens is 2. The monoisotopic (exact) mass is 723 g/mol. The molecular weight excluding hydrogens is 693 g/mol. The number of aliphatic hydroxyl groups is 2. The number of aromatic nitrogens is 6. The number of aliphatic hydroxyl groups excluding tert-OH is 2. The summed E-state index contributed by atoms with van der Waals surface area (Å²) in [5, 5.41) is 23.5. The minimum Gasteiger partial charge on any atom is -0.394 e. The first kappa shape index (κ1) is 35.6. The first-order chi connectivity index (χ1) is 23.2. The van der Waals surface area contributed by atoms with Crippen molar-refractivity contribution in [3.63, 3.8) is 0 Å². The second-order valence-electron chi connectivity index (χ2n) is 11.5. The molecule has 0 bridgehead atoms. The van der Waals surface area contributed by atoms with Crippen LogP contribution in [0.1, 0.15) is 6.92 Å². The van der Waals surface area contributed by atoms with Crippen molar-refractivity contribution in [2.45, 2.75) is 17.6 Å². The average Bonchev–Trinajstić information content (AvgIpc) is 3.08. The number of benzene rings is 2. The van der Waals surface area contributed by atoms with E-state index in [2.05, 4.69) is 25.3 Å². The minimum absolute atomic E-state index is 0.212. The number of nitrogens with one attached hydrogen (secondary N) is 1. The molecule has 254 valence electrons. The lowest BCUT2D eigenvalue weighted by atomic mass is 10.1. The van der Waals surface area contributed by atoms with Gasteiger partial charge in [-0.3, -0.25) is 18.7 Å². The van der Waals surface area contributed by atoms with Crippen LogP contribution in [-0.4, -0.2) is 72.7 Å². The standard InChI is InChI=1S/C18H19ClN4O3.C15H12ClN3O3S/c1-18(9-24,10-25)22-17-20-8-11-7-13(12-5-3-4-6-14(12)19)16(26)23(2)15(11)21-17;1-19-13-9(8-17-15(18-13)23(2,21)22)7-11(14(19)20)10-5-3-4-6-12(10)16/h3-8,24-25H,9-10H2,1-2H3,(H,20,21,22);3-8H,1-2H3. The predicted octanol–water partition coefficient (Wildman–Crippen LogP) is 3.86. The van der Waals surface area contributed by atoms with E-state index >= 15 is 0 Å². The molecule has 0 spiro atoms. The molecule has 6 rings (SSSR count). The zero-order chi connectivity index (χ0) is 35.7. The first-order valence-corrected chi connectivity index (χ1v) is 17.3. The van der Waals surface area contributed by atoms with Crippen LogP contribution in [0.3, 0.4) is 0 Å². The van der Waals surface area contributed by atoms with Gasteiger partial charge in [-0.05, 0) is 31.2 Å². The Kier molecular flexibility index (Phi) is 10.2. The fourth-order valence-corrected chi connectivity index (χ4v) is 5.83. The summed E-state index contributed by atoms with van der Waals surface area (Å²) in [6, 6.07) is 17.5. The van der Waals surface area contributed by atoms with Crippen LogP contribution in [-0.2, 0) is 23.9 Å². The molecule has 3 N–H and O–H groups in total. The molecule has 13 nitrogen and oxygen atoms in total. The molecular formula is C33H31Cl2N7O6S. The second-order valence-corrected chi connectivity index (χ2v) is 14.2. The first-order valence-electron chi connectivity index (χ1n) is 14.6. The number of rotatable bonds is 7. The zero-order valence-corrected chi connectivity index (χ0v) is 29.0. The highest BCUT2D eigenvalue weighted by Crippen LogP contribution is 2.28. The Morgan fingerprint density at radius 1 is 0.755 bits per heavy atom. The van der Waals surface area contributed by atoms with Crippen LogP contribution in [0.15, 0.2) is 87.8 Å². The number of hydrogen-bond donors (Lipinski definition) is 3. The molecule has 6 aromatic rings. The molecule has 0 saturated carbocycles. The van der Waals surface area contributed by atoms with Gasteiger partial charge in [0.1, 0.15) is 11.3 Å². The molecule has 0 amide bonds. The molecule has 4 heterocycles. The summed E-state index contributed by atoms with van der Waals surface area (Å²) in [6.45, 7) is 1.05. The predicted molar refractivity (Wildman–Crippen MR) is 190 cm³/mol. The molecule has 4 aromatic heterocycles. The van der Waals surface area contributed by atoms with E-state index < -0.39 is 15.4 Å². The van der Waals surface area contributed by atoms with E-state index in [4.69, 9.17) is 23.2 Å². The van der Waals surface area contributed by atoms with Crippen molar-refractivity contribution in [3.8, 4) is 22.3 Å². The van der Waals surface area contributed by atoms with E-state index in [0.717, 1.165) is 6.26 Å². The van der Waals surface area contributed by atoms with Crippen molar-refractivity contribution in [3.05, 3.63) is 104 Å². The fourth-order valence-electron chi connectivity index (χ4n) is 4.86. The van der Waals surface area contributed by atoms with Crippen molar-refractivity contribution in [1.29, 1.82) is 0 Å². The average molecular weight is 725 g/mol. The Morgan fingerprint density at radius 2 is 1.20 bits per heavy atom. The highest BCUT2D eigenvalue weighted by atomic mass is 35.5. The summed E-state index contributed by atoms with van der Waals surface area (Å²) in [6.07, 6.45) is 3.99. The summed E-state index contributed by atoms with van der Waals surface area (Å²) >= 11 is 12.4. The third-order valence-corrected chi connectivity index (χ3v) is 9.17. The third kappa shape index (κ3) is 7.33. The van der Waals surface area contributed by atoms with Gasteiger partial charge in [0, 0.05) is 75.8 Å². The summed E-state index contributed by atoms with van der Waals surface area (Å²) in [5.74, 6) is 0.212. The largest absolute Gasteiger partial charge is 0.394 e. The molecule has 0 unspecified atom stereocenters. The van der Waals surface area contributed by atoms with Crippen LogP contribution in [0.25, 0.3) is 44.3 Å². The van der Waals surface area contributed by atoms with Crippen LogP contribution >= 0.6 is 23.2 Å². The van der Waals surface area contributed by atoms with Gasteiger partial charge in [0.05, 0.1) is 18.8 Å². The Bertz CT molecular complexity index is 2450. The molecule has 16 heteroatoms. The van der Waals surface area contributed by atoms with Gasteiger partial charge < -0.3 is 15.5 Å². The van der Waals surface area contributed by atoms with Crippen molar-refractivity contribution in [1.82, 2.24) is 29.1 Å². The number of aryl methyl sites for hydroxylation is 2. The molecule has 0 fully saturated rings. The Labute approximate surface area is 290 Å². The lowest BCUT2D eigenvalue weighted by Gasteiger charge is -2.26. The quantitative estimate of drug-likeness (QED) is 0.204. The van der Waals surface area contributed by atoms with Crippen molar-refractivity contribution in [2.24, 2.45) is 14.1 Å². The zero-order valence-electron chi connectivity index (χ0n) is 26.7. The molecule has 0 atom stereocenters. The maximum atomic E-state index is 12.8. The number of pyridine rings is 2. The van der Waals surface area contributed by atoms with Gasteiger partial charge in [0.2, 0.25) is 20.9 Å². The highest BCUT2D eigenvalue weighted by molar-refractivity contribution is 7.90. The number of fused-ring (bicyclic) bond motifs is 2. The van der Waals surface area contributed by atoms with E-state index in [0.29, 0.717) is 48.7 Å². The van der Waals surface area contributed by atoms with Crippen LogP contribution in [0.4, 0.5) is 5.95 Å². The molecule has 2 aromatic carbocycles. The molecule has 49 heavy (non-hydrogen) atoms. The van der Waals surface area contributed by atoms with Gasteiger partial charge in [0.15, 0.2) is 0 Å². The molecule has 0 radical (unpaired) electrons. The van der Waals surface area contributed by atoms with E-state index in [1.54, 1.807) is 74.8 Å². The molecule has 0 saturated heterocycles. The summed E-state index contributed by atoms with van der Waals surface area (Å²) in [5.41, 5.74) is 1.28. The maximum Gasteiger partial charge on any atom is 0.259 e. The van der Waals surface area contributed by atoms with E-state index in [-0.39, 0.29) is 41.1 Å². The van der Waals surface area contributed by atoms with Crippen LogP contribution in [0, 0.1) is 0 Å². The second kappa shape index (κ2) is 14.0. The van der Waals surface area contributed by atoms with Gasteiger partial charge in [0.25, 0.3) is 11.1 Å². The SMILES string of the molecule is Cn1c(=O)c(-c2ccccc2Cl)cc2cnc(NC(C)(CO)CO)nc21.Cn1c(=O)c(-c2ccccc2Cl)cc2cnc(S(C)(=O)=O)nc21.